The molecule has 49 heavy (non-hydrogen) atoms. The molecule has 2 bridgehead atoms. The van der Waals surface area contributed by atoms with Crippen LogP contribution in [0, 0.1) is 17.8 Å². The molecule has 4 aliphatic rings. The van der Waals surface area contributed by atoms with E-state index < -0.39 is 0 Å². The highest BCUT2D eigenvalue weighted by Gasteiger charge is 2.47. The third kappa shape index (κ3) is 5.24. The van der Waals surface area contributed by atoms with Gasteiger partial charge in [-0.15, -0.1) is 0 Å². The highest BCUT2D eigenvalue weighted by atomic mass is 16.5. The van der Waals surface area contributed by atoms with Crippen LogP contribution in [0.15, 0.2) is 55.0 Å². The summed E-state index contributed by atoms with van der Waals surface area (Å²) in [6.07, 6.45) is 11.2. The molecule has 2 amide bonds. The maximum absolute atomic E-state index is 14.0. The van der Waals surface area contributed by atoms with Crippen LogP contribution < -0.4 is 10.5 Å². The Bertz CT molecular complexity index is 2060. The number of carbonyl (C=O) groups excluding carboxylic acids is 2. The molecule has 3 atom stereocenters. The van der Waals surface area contributed by atoms with Gasteiger partial charge in [0.15, 0.2) is 5.82 Å². The van der Waals surface area contributed by atoms with E-state index in [1.165, 1.54) is 12.8 Å². The van der Waals surface area contributed by atoms with Gasteiger partial charge in [-0.25, -0.2) is 19.9 Å². The second-order valence-electron chi connectivity index (χ2n) is 14.3. The Morgan fingerprint density at radius 3 is 2.35 bits per heavy atom. The van der Waals surface area contributed by atoms with Crippen LogP contribution in [0.25, 0.3) is 33.6 Å². The van der Waals surface area contributed by atoms with Crippen LogP contribution in [-0.2, 0) is 13.1 Å². The van der Waals surface area contributed by atoms with Crippen molar-refractivity contribution >= 4 is 33.9 Å². The molecule has 5 aromatic rings. The minimum Gasteiger partial charge on any atom is -0.494 e. The Kier molecular flexibility index (Phi) is 7.37. The number of hydrogen-bond donors (Lipinski definition) is 1. The number of fused-ring (bicyclic) bond motifs is 4. The molecule has 1 aromatic carbocycles. The normalized spacial score (nSPS) is 22.4. The van der Waals surface area contributed by atoms with Crippen LogP contribution in [0.1, 0.15) is 59.5 Å². The van der Waals surface area contributed by atoms with E-state index in [0.717, 1.165) is 65.8 Å². The van der Waals surface area contributed by atoms with Gasteiger partial charge in [-0.3, -0.25) is 9.59 Å². The van der Waals surface area contributed by atoms with E-state index in [0.29, 0.717) is 55.2 Å². The van der Waals surface area contributed by atoms with Gasteiger partial charge in [0.2, 0.25) is 5.82 Å². The Labute approximate surface area is 284 Å². The molecule has 2 N–H and O–H groups in total. The first-order valence-electron chi connectivity index (χ1n) is 17.6. The molecule has 0 unspecified atom stereocenters. The number of likely N-dealkylation sites (tertiary alicyclic amines) is 2. The van der Waals surface area contributed by atoms with Gasteiger partial charge in [0, 0.05) is 74.3 Å². The number of carbonyl (C=O) groups is 2. The number of nitrogens with two attached hydrogens (primary N) is 1. The van der Waals surface area contributed by atoms with Crippen molar-refractivity contribution in [3.05, 3.63) is 66.4 Å². The van der Waals surface area contributed by atoms with E-state index in [4.69, 9.17) is 20.4 Å². The smallest absolute Gasteiger partial charge is 0.291 e. The summed E-state index contributed by atoms with van der Waals surface area (Å²) in [5.41, 5.74) is 10.6. The number of rotatable bonds is 8. The van der Waals surface area contributed by atoms with E-state index in [2.05, 4.69) is 31.2 Å². The van der Waals surface area contributed by atoms with Gasteiger partial charge in [0.1, 0.15) is 16.9 Å². The molecule has 0 spiro atoms. The van der Waals surface area contributed by atoms with Gasteiger partial charge in [-0.1, -0.05) is 0 Å². The van der Waals surface area contributed by atoms with E-state index in [1.807, 2.05) is 34.2 Å². The van der Waals surface area contributed by atoms with Crippen molar-refractivity contribution in [3.63, 3.8) is 0 Å². The molecule has 12 nitrogen and oxygen atoms in total. The zero-order valence-corrected chi connectivity index (χ0v) is 27.7. The summed E-state index contributed by atoms with van der Waals surface area (Å²) in [6.45, 7) is 3.55. The molecule has 252 valence electrons. The average molecular weight is 660 g/mol. The summed E-state index contributed by atoms with van der Waals surface area (Å²) in [7, 11) is 1.66. The Balaban J connectivity index is 1.11. The molecule has 2 saturated heterocycles. The van der Waals surface area contributed by atoms with Crippen LogP contribution in [-0.4, -0.2) is 89.5 Å². The quantitative estimate of drug-likeness (QED) is 0.259. The van der Waals surface area contributed by atoms with Crippen molar-refractivity contribution in [1.29, 1.82) is 0 Å². The number of ether oxygens (including phenoxy) is 1. The summed E-state index contributed by atoms with van der Waals surface area (Å²) >= 11 is 0. The number of aromatic nitrogens is 6. The molecule has 2 aliphatic carbocycles. The molecular formula is C37H41N9O3. The fourth-order valence-electron chi connectivity index (χ4n) is 8.47. The summed E-state index contributed by atoms with van der Waals surface area (Å²) in [5, 5.41) is 1.08. The maximum Gasteiger partial charge on any atom is 0.291 e. The Hall–Kier alpha value is -4.84. The summed E-state index contributed by atoms with van der Waals surface area (Å²) in [5.74, 6) is 2.87. The number of amides is 2. The molecule has 2 saturated carbocycles. The predicted molar refractivity (Wildman–Crippen MR) is 184 cm³/mol. The van der Waals surface area contributed by atoms with Crippen LogP contribution in [0.2, 0.25) is 0 Å². The van der Waals surface area contributed by atoms with E-state index in [9.17, 15) is 9.59 Å². The minimum atomic E-state index is -0.129. The lowest BCUT2D eigenvalue weighted by atomic mass is 9.96. The Morgan fingerprint density at radius 1 is 0.878 bits per heavy atom. The molecular weight excluding hydrogens is 618 g/mol. The monoisotopic (exact) mass is 659 g/mol. The van der Waals surface area contributed by atoms with Crippen molar-refractivity contribution in [2.75, 3.05) is 26.7 Å². The largest absolute Gasteiger partial charge is 0.494 e. The van der Waals surface area contributed by atoms with Gasteiger partial charge in [-0.05, 0) is 92.7 Å². The first kappa shape index (κ1) is 30.2. The third-order valence-corrected chi connectivity index (χ3v) is 11.3. The minimum absolute atomic E-state index is 0.00886. The van der Waals surface area contributed by atoms with Crippen LogP contribution >= 0.6 is 0 Å². The number of hydrogen-bond acceptors (Lipinski definition) is 8. The third-order valence-electron chi connectivity index (χ3n) is 11.3. The molecule has 2 aliphatic heterocycles. The van der Waals surface area contributed by atoms with Crippen molar-refractivity contribution in [2.24, 2.45) is 23.5 Å². The molecule has 12 heteroatoms. The van der Waals surface area contributed by atoms with Crippen molar-refractivity contribution in [1.82, 2.24) is 38.9 Å². The SMILES string of the molecule is COc1cc(C(=O)N2C[C@H]3CC[C@@H]2[C@@H]3N)cc2nc(-c3cc4cccnc4n3CC3CC3)n(CC3CCN(C(=O)c4ncccn4)CC3)c12. The zero-order chi connectivity index (χ0) is 33.2. The number of nitrogens with zero attached hydrogens (tertiary/aromatic N) is 8. The number of pyridine rings is 1. The van der Waals surface area contributed by atoms with Gasteiger partial charge >= 0.3 is 0 Å². The Morgan fingerprint density at radius 2 is 1.63 bits per heavy atom. The first-order chi connectivity index (χ1) is 24.0. The zero-order valence-electron chi connectivity index (χ0n) is 27.7. The summed E-state index contributed by atoms with van der Waals surface area (Å²) in [4.78, 5) is 49.4. The van der Waals surface area contributed by atoms with E-state index in [1.54, 1.807) is 25.6 Å². The van der Waals surface area contributed by atoms with E-state index >= 15 is 0 Å². The summed E-state index contributed by atoms with van der Waals surface area (Å²) < 4.78 is 10.7. The highest BCUT2D eigenvalue weighted by molar-refractivity contribution is 6.00. The number of imidazole rings is 1. The maximum atomic E-state index is 14.0. The first-order valence-corrected chi connectivity index (χ1v) is 17.6. The lowest BCUT2D eigenvalue weighted by Crippen LogP contribution is -2.41. The molecule has 9 rings (SSSR count). The molecule has 4 fully saturated rings. The molecule has 6 heterocycles. The fourth-order valence-corrected chi connectivity index (χ4v) is 8.47. The van der Waals surface area contributed by atoms with Crippen LogP contribution in [0.5, 0.6) is 5.75 Å². The second kappa shape index (κ2) is 11.9. The van der Waals surface area contributed by atoms with Gasteiger partial charge in [-0.2, -0.15) is 0 Å². The van der Waals surface area contributed by atoms with Gasteiger partial charge in [0.05, 0.1) is 18.3 Å². The number of benzene rings is 1. The number of piperidine rings is 2. The van der Waals surface area contributed by atoms with Gasteiger partial charge in [0.25, 0.3) is 11.8 Å². The lowest BCUT2D eigenvalue weighted by molar-refractivity contribution is 0.0669. The van der Waals surface area contributed by atoms with E-state index in [-0.39, 0.29) is 29.7 Å². The molecule has 4 aromatic heterocycles. The van der Waals surface area contributed by atoms with Gasteiger partial charge < -0.3 is 29.4 Å². The summed E-state index contributed by atoms with van der Waals surface area (Å²) in [6, 6.07) is 12.0. The van der Waals surface area contributed by atoms with Crippen LogP contribution in [0.4, 0.5) is 0 Å². The van der Waals surface area contributed by atoms with Crippen LogP contribution in [0.3, 0.4) is 0 Å². The highest BCUT2D eigenvalue weighted by Crippen LogP contribution is 2.41. The standard InChI is InChI=1S/C37H41N9O3/c1-49-30-18-26(36(47)45-21-25-7-8-28(45)31(25)38)16-27-32(30)46(20-23-9-14-43(15-10-23)37(48)33-39-12-3-13-40-33)35(42-27)29-17-24-4-2-11-41-34(24)44(29)19-22-5-6-22/h2-4,11-13,16-18,22-23,25,28,31H,5-10,14-15,19-21,38H2,1H3/t25-,28-,31-/m1/s1. The fraction of sp³-hybridized carbons (Fsp3) is 0.459. The van der Waals surface area contributed by atoms with Crippen molar-refractivity contribution in [2.45, 2.75) is 63.7 Å². The van der Waals surface area contributed by atoms with Crippen molar-refractivity contribution in [3.8, 4) is 17.3 Å². The average Bonchev–Trinajstić information content (AvgIpc) is 3.51. The number of methoxy groups -OCH3 is 1. The van der Waals surface area contributed by atoms with Crippen molar-refractivity contribution < 1.29 is 14.3 Å². The topological polar surface area (TPSA) is 137 Å². The lowest BCUT2D eigenvalue weighted by Gasteiger charge is -2.32. The second-order valence-corrected chi connectivity index (χ2v) is 14.3. The molecule has 0 radical (unpaired) electrons. The predicted octanol–water partition coefficient (Wildman–Crippen LogP) is 4.38.